The number of halogens is 4. The van der Waals surface area contributed by atoms with Crippen molar-refractivity contribution in [2.24, 2.45) is 0 Å². The number of amides is 1. The van der Waals surface area contributed by atoms with Gasteiger partial charge in [0.1, 0.15) is 10.0 Å². The van der Waals surface area contributed by atoms with Gasteiger partial charge in [-0.05, 0) is 29.8 Å². The quantitative estimate of drug-likeness (QED) is 0.391. The lowest BCUT2D eigenvalue weighted by Gasteiger charge is -2.05. The summed E-state index contributed by atoms with van der Waals surface area (Å²) in [6.07, 6.45) is 1.52. The lowest BCUT2D eigenvalue weighted by molar-refractivity contribution is -0.384. The van der Waals surface area contributed by atoms with Crippen molar-refractivity contribution in [1.82, 2.24) is 9.78 Å². The maximum Gasteiger partial charge on any atom is 0.288 e. The van der Waals surface area contributed by atoms with Gasteiger partial charge in [0.2, 0.25) is 0 Å². The third-order valence-electron chi connectivity index (χ3n) is 3.70. The number of aromatic nitrogens is 2. The van der Waals surface area contributed by atoms with E-state index in [0.717, 1.165) is 11.6 Å². The summed E-state index contributed by atoms with van der Waals surface area (Å²) in [4.78, 5) is 22.7. The van der Waals surface area contributed by atoms with E-state index in [1.54, 1.807) is 18.2 Å². The van der Waals surface area contributed by atoms with Crippen molar-refractivity contribution in [2.45, 2.75) is 6.54 Å². The molecule has 1 aromatic heterocycles. The van der Waals surface area contributed by atoms with Gasteiger partial charge < -0.3 is 5.32 Å². The second-order valence-corrected chi connectivity index (χ2v) is 7.29. The van der Waals surface area contributed by atoms with E-state index in [1.807, 2.05) is 0 Å². The molecule has 144 valence electrons. The Morgan fingerprint density at radius 1 is 1.07 bits per heavy atom. The van der Waals surface area contributed by atoms with Crippen LogP contribution in [0.1, 0.15) is 15.9 Å². The van der Waals surface area contributed by atoms with Crippen molar-refractivity contribution in [2.75, 3.05) is 5.32 Å². The molecule has 0 fully saturated rings. The zero-order valence-electron chi connectivity index (χ0n) is 13.8. The third-order valence-corrected chi connectivity index (χ3v) is 4.88. The van der Waals surface area contributed by atoms with E-state index >= 15 is 0 Å². The normalized spacial score (nSPS) is 10.7. The van der Waals surface area contributed by atoms with E-state index in [0.29, 0.717) is 16.6 Å². The molecule has 7 nitrogen and oxygen atoms in total. The molecular formula is C17H10Cl4N4O3. The minimum absolute atomic E-state index is 0.0439. The molecule has 0 saturated carbocycles. The zero-order chi connectivity index (χ0) is 20.4. The minimum Gasteiger partial charge on any atom is -0.304 e. The Labute approximate surface area is 178 Å². The summed E-state index contributed by atoms with van der Waals surface area (Å²) in [5.74, 6) is -0.509. The Balaban J connectivity index is 1.79. The van der Waals surface area contributed by atoms with Crippen molar-refractivity contribution in [1.29, 1.82) is 0 Å². The summed E-state index contributed by atoms with van der Waals surface area (Å²) in [6, 6.07) is 8.78. The topological polar surface area (TPSA) is 90.1 Å². The molecule has 0 aliphatic heterocycles. The van der Waals surface area contributed by atoms with E-state index in [4.69, 9.17) is 46.4 Å². The highest BCUT2D eigenvalue weighted by Gasteiger charge is 2.18. The Bertz CT molecular complexity index is 1080. The Morgan fingerprint density at radius 3 is 2.50 bits per heavy atom. The number of nitrogens with one attached hydrogen (secondary N) is 1. The highest BCUT2D eigenvalue weighted by molar-refractivity contribution is 6.35. The first-order valence-corrected chi connectivity index (χ1v) is 9.18. The van der Waals surface area contributed by atoms with Crippen LogP contribution in [0.4, 0.5) is 11.5 Å². The van der Waals surface area contributed by atoms with E-state index < -0.39 is 10.8 Å². The number of rotatable bonds is 5. The summed E-state index contributed by atoms with van der Waals surface area (Å²) in [5.41, 5.74) is 0.433. The molecule has 3 aromatic rings. The number of carbonyl (C=O) groups excluding carboxylic acids is 1. The number of anilines is 1. The maximum absolute atomic E-state index is 12.4. The fourth-order valence-corrected chi connectivity index (χ4v) is 3.21. The summed E-state index contributed by atoms with van der Waals surface area (Å²) < 4.78 is 1.50. The maximum atomic E-state index is 12.4. The van der Waals surface area contributed by atoms with Crippen LogP contribution in [-0.2, 0) is 6.54 Å². The van der Waals surface area contributed by atoms with E-state index in [2.05, 4.69) is 10.4 Å². The number of nitrogens with zero attached hydrogens (tertiary/aromatic N) is 3. The predicted molar refractivity (Wildman–Crippen MR) is 109 cm³/mol. The summed E-state index contributed by atoms with van der Waals surface area (Å²) >= 11 is 23.9. The molecule has 3 rings (SSSR count). The van der Waals surface area contributed by atoms with Crippen molar-refractivity contribution in [3.05, 3.63) is 83.9 Å². The number of hydrogen-bond acceptors (Lipinski definition) is 4. The van der Waals surface area contributed by atoms with Gasteiger partial charge in [0.05, 0.1) is 11.5 Å². The molecular weight excluding hydrogens is 450 g/mol. The van der Waals surface area contributed by atoms with E-state index in [-0.39, 0.29) is 27.1 Å². The second kappa shape index (κ2) is 8.36. The number of hydrogen-bond donors (Lipinski definition) is 1. The highest BCUT2D eigenvalue weighted by Crippen LogP contribution is 2.27. The van der Waals surface area contributed by atoms with Crippen molar-refractivity contribution in [3.63, 3.8) is 0 Å². The van der Waals surface area contributed by atoms with Crippen LogP contribution >= 0.6 is 46.4 Å². The van der Waals surface area contributed by atoms with Gasteiger partial charge in [0.25, 0.3) is 11.6 Å². The smallest absolute Gasteiger partial charge is 0.288 e. The average Bonchev–Trinajstić information content (AvgIpc) is 2.96. The molecule has 0 aliphatic carbocycles. The Hall–Kier alpha value is -2.32. The highest BCUT2D eigenvalue weighted by atomic mass is 35.5. The van der Waals surface area contributed by atoms with Gasteiger partial charge in [0, 0.05) is 27.9 Å². The lowest BCUT2D eigenvalue weighted by Crippen LogP contribution is -2.13. The van der Waals surface area contributed by atoms with Crippen molar-refractivity contribution >= 4 is 63.8 Å². The molecule has 0 radical (unpaired) electrons. The predicted octanol–water partition coefficient (Wildman–Crippen LogP) is 5.71. The van der Waals surface area contributed by atoms with Crippen LogP contribution in [0.15, 0.2) is 42.6 Å². The first kappa shape index (κ1) is 20.4. The SMILES string of the molecule is O=C(Nc1nn(Cc2ccc(Cl)cc2Cl)cc1Cl)c1ccc(Cl)c([N+](=O)[O-])c1. The number of nitro benzene ring substituents is 1. The summed E-state index contributed by atoms with van der Waals surface area (Å²) in [5, 5.41) is 18.8. The van der Waals surface area contributed by atoms with Gasteiger partial charge in [-0.3, -0.25) is 19.6 Å². The average molecular weight is 460 g/mol. The van der Waals surface area contributed by atoms with Crippen molar-refractivity contribution in [3.8, 4) is 0 Å². The Morgan fingerprint density at radius 2 is 1.82 bits per heavy atom. The van der Waals surface area contributed by atoms with Gasteiger partial charge in [-0.1, -0.05) is 52.5 Å². The van der Waals surface area contributed by atoms with Crippen LogP contribution in [0, 0.1) is 10.1 Å². The van der Waals surface area contributed by atoms with E-state index in [9.17, 15) is 14.9 Å². The molecule has 1 amide bonds. The largest absolute Gasteiger partial charge is 0.304 e. The van der Waals surface area contributed by atoms with Crippen LogP contribution in [0.2, 0.25) is 20.1 Å². The fraction of sp³-hybridized carbons (Fsp3) is 0.0588. The zero-order valence-corrected chi connectivity index (χ0v) is 16.9. The molecule has 0 bridgehead atoms. The lowest BCUT2D eigenvalue weighted by atomic mass is 10.2. The summed E-state index contributed by atoms with van der Waals surface area (Å²) in [7, 11) is 0. The number of carbonyl (C=O) groups is 1. The molecule has 0 aliphatic rings. The number of nitro groups is 1. The van der Waals surface area contributed by atoms with Gasteiger partial charge in [-0.15, -0.1) is 0 Å². The molecule has 0 unspecified atom stereocenters. The van der Waals surface area contributed by atoms with Crippen LogP contribution in [-0.4, -0.2) is 20.6 Å². The third kappa shape index (κ3) is 4.56. The Kier molecular flexibility index (Phi) is 6.10. The standard InChI is InChI=1S/C17H10Cl4N4O3/c18-11-3-1-10(13(20)6-11)7-24-8-14(21)16(23-24)22-17(26)9-2-4-12(19)15(5-9)25(27)28/h1-6,8H,7H2,(H,22,23,26). The molecule has 0 atom stereocenters. The van der Waals surface area contributed by atoms with Crippen LogP contribution in [0.5, 0.6) is 0 Å². The molecule has 0 spiro atoms. The van der Waals surface area contributed by atoms with Crippen LogP contribution in [0.25, 0.3) is 0 Å². The molecule has 1 heterocycles. The minimum atomic E-state index is -0.670. The van der Waals surface area contributed by atoms with Gasteiger partial charge in [0.15, 0.2) is 5.82 Å². The number of benzene rings is 2. The summed E-state index contributed by atoms with van der Waals surface area (Å²) in [6.45, 7) is 0.304. The second-order valence-electron chi connectivity index (χ2n) is 5.64. The van der Waals surface area contributed by atoms with Gasteiger partial charge >= 0.3 is 0 Å². The molecule has 11 heteroatoms. The molecule has 2 aromatic carbocycles. The monoisotopic (exact) mass is 458 g/mol. The fourth-order valence-electron chi connectivity index (χ4n) is 2.36. The molecule has 28 heavy (non-hydrogen) atoms. The first-order chi connectivity index (χ1) is 13.2. The molecule has 1 N–H and O–H groups in total. The van der Waals surface area contributed by atoms with Crippen molar-refractivity contribution < 1.29 is 9.72 Å². The van der Waals surface area contributed by atoms with Crippen LogP contribution < -0.4 is 5.32 Å². The van der Waals surface area contributed by atoms with Gasteiger partial charge in [-0.25, -0.2) is 0 Å². The van der Waals surface area contributed by atoms with Gasteiger partial charge in [-0.2, -0.15) is 5.10 Å². The first-order valence-electron chi connectivity index (χ1n) is 7.67. The van der Waals surface area contributed by atoms with E-state index in [1.165, 1.54) is 23.0 Å². The van der Waals surface area contributed by atoms with Crippen LogP contribution in [0.3, 0.4) is 0 Å². The molecule has 0 saturated heterocycles.